The number of nitrogens with one attached hydrogen (secondary N) is 2. The maximum atomic E-state index is 11.0. The summed E-state index contributed by atoms with van der Waals surface area (Å²) >= 11 is 0. The summed E-state index contributed by atoms with van der Waals surface area (Å²) in [6.45, 7) is 0.837. The fourth-order valence-electron chi connectivity index (χ4n) is 0.703. The van der Waals surface area contributed by atoms with Gasteiger partial charge in [0.05, 0.1) is 12.8 Å². The van der Waals surface area contributed by atoms with Gasteiger partial charge in [-0.05, 0) is 6.42 Å². The number of methoxy groups -OCH3 is 1. The molecule has 0 rings (SSSR count). The van der Waals surface area contributed by atoms with Crippen LogP contribution in [0.5, 0.6) is 0 Å². The Morgan fingerprint density at radius 1 is 1.43 bits per heavy atom. The second-order valence-corrected chi connectivity index (χ2v) is 4.62. The molecule has 0 aromatic rings. The highest BCUT2D eigenvalue weighted by molar-refractivity contribution is 7.88. The highest BCUT2D eigenvalue weighted by Crippen LogP contribution is 1.78. The van der Waals surface area contributed by atoms with Gasteiger partial charge in [-0.3, -0.25) is 4.79 Å². The zero-order chi connectivity index (χ0) is 11.0. The van der Waals surface area contributed by atoms with Crippen molar-refractivity contribution in [3.63, 3.8) is 0 Å². The van der Waals surface area contributed by atoms with Crippen molar-refractivity contribution in [3.05, 3.63) is 0 Å². The van der Waals surface area contributed by atoms with Gasteiger partial charge in [0.2, 0.25) is 15.9 Å². The minimum Gasteiger partial charge on any atom is -0.385 e. The third-order valence-corrected chi connectivity index (χ3v) is 2.01. The van der Waals surface area contributed by atoms with Crippen molar-refractivity contribution in [2.75, 3.05) is 33.1 Å². The number of ether oxygens (including phenoxy) is 1. The van der Waals surface area contributed by atoms with Crippen molar-refractivity contribution < 1.29 is 17.9 Å². The van der Waals surface area contributed by atoms with E-state index in [-0.39, 0.29) is 12.5 Å². The largest absolute Gasteiger partial charge is 0.385 e. The maximum absolute atomic E-state index is 11.0. The van der Waals surface area contributed by atoms with Gasteiger partial charge < -0.3 is 10.1 Å². The van der Waals surface area contributed by atoms with Gasteiger partial charge in [-0.15, -0.1) is 0 Å². The Bertz CT molecular complexity index is 263. The molecule has 6 nitrogen and oxygen atoms in total. The summed E-state index contributed by atoms with van der Waals surface area (Å²) in [5.74, 6) is -0.341. The van der Waals surface area contributed by atoms with Gasteiger partial charge in [-0.2, -0.15) is 0 Å². The molecule has 0 aromatic carbocycles. The summed E-state index contributed by atoms with van der Waals surface area (Å²) in [6.07, 6.45) is 1.71. The lowest BCUT2D eigenvalue weighted by Gasteiger charge is -2.04. The predicted octanol–water partition coefficient (Wildman–Crippen LogP) is -1.31. The van der Waals surface area contributed by atoms with E-state index in [0.717, 1.165) is 6.26 Å². The fraction of sp³-hybridized carbons (Fsp3) is 0.857. The zero-order valence-corrected chi connectivity index (χ0v) is 9.19. The smallest absolute Gasteiger partial charge is 0.235 e. The number of sulfonamides is 1. The third kappa shape index (κ3) is 9.43. The van der Waals surface area contributed by atoms with Crippen LogP contribution in [0, 0.1) is 0 Å². The van der Waals surface area contributed by atoms with E-state index in [1.807, 2.05) is 0 Å². The second-order valence-electron chi connectivity index (χ2n) is 2.79. The molecule has 0 aliphatic heterocycles. The number of hydrogen-bond acceptors (Lipinski definition) is 4. The Labute approximate surface area is 84.1 Å². The lowest BCUT2D eigenvalue weighted by molar-refractivity contribution is -0.120. The molecule has 14 heavy (non-hydrogen) atoms. The van der Waals surface area contributed by atoms with Crippen LogP contribution >= 0.6 is 0 Å². The standard InChI is InChI=1S/C7H16N2O4S/c1-13-5-3-4-8-7(10)6-9-14(2,11)12/h9H,3-6H2,1-2H3,(H,8,10). The SMILES string of the molecule is COCCCNC(=O)CNS(C)(=O)=O. The molecule has 0 fully saturated rings. The first kappa shape index (κ1) is 13.3. The van der Waals surface area contributed by atoms with E-state index in [4.69, 9.17) is 4.74 Å². The quantitative estimate of drug-likeness (QED) is 0.526. The molecule has 1 amide bonds. The Hall–Kier alpha value is -0.660. The number of rotatable bonds is 7. The van der Waals surface area contributed by atoms with Crippen molar-refractivity contribution >= 4 is 15.9 Å². The number of carbonyl (C=O) groups is 1. The lowest BCUT2D eigenvalue weighted by atomic mass is 10.4. The van der Waals surface area contributed by atoms with Crippen molar-refractivity contribution in [2.45, 2.75) is 6.42 Å². The highest BCUT2D eigenvalue weighted by Gasteiger charge is 2.04. The Morgan fingerprint density at radius 3 is 2.57 bits per heavy atom. The summed E-state index contributed by atoms with van der Waals surface area (Å²) in [4.78, 5) is 11.0. The molecular weight excluding hydrogens is 208 g/mol. The van der Waals surface area contributed by atoms with E-state index in [0.29, 0.717) is 19.6 Å². The van der Waals surface area contributed by atoms with Crippen LogP contribution in [0.15, 0.2) is 0 Å². The monoisotopic (exact) mass is 224 g/mol. The molecule has 0 aromatic heterocycles. The van der Waals surface area contributed by atoms with Gasteiger partial charge in [-0.25, -0.2) is 13.1 Å². The van der Waals surface area contributed by atoms with Crippen LogP contribution in [-0.4, -0.2) is 47.4 Å². The molecule has 0 aliphatic rings. The molecule has 0 unspecified atom stereocenters. The van der Waals surface area contributed by atoms with Crippen molar-refractivity contribution in [1.29, 1.82) is 0 Å². The summed E-state index contributed by atoms with van der Waals surface area (Å²) in [6, 6.07) is 0. The third-order valence-electron chi connectivity index (χ3n) is 1.34. The first-order chi connectivity index (χ1) is 6.45. The van der Waals surface area contributed by atoms with E-state index < -0.39 is 10.0 Å². The molecule has 2 N–H and O–H groups in total. The van der Waals surface area contributed by atoms with Crippen molar-refractivity contribution in [2.24, 2.45) is 0 Å². The molecule has 0 aliphatic carbocycles. The maximum Gasteiger partial charge on any atom is 0.235 e. The van der Waals surface area contributed by atoms with Crippen molar-refractivity contribution in [3.8, 4) is 0 Å². The Kier molecular flexibility index (Phi) is 6.43. The van der Waals surface area contributed by atoms with Crippen LogP contribution in [0.1, 0.15) is 6.42 Å². The highest BCUT2D eigenvalue weighted by atomic mass is 32.2. The van der Waals surface area contributed by atoms with Gasteiger partial charge in [0.15, 0.2) is 0 Å². The summed E-state index contributed by atoms with van der Waals surface area (Å²) in [5, 5.41) is 2.54. The molecule has 0 heterocycles. The first-order valence-electron chi connectivity index (χ1n) is 4.16. The first-order valence-corrected chi connectivity index (χ1v) is 6.05. The van der Waals surface area contributed by atoms with Crippen molar-refractivity contribution in [1.82, 2.24) is 10.0 Å². The minimum absolute atomic E-state index is 0.216. The van der Waals surface area contributed by atoms with E-state index in [9.17, 15) is 13.2 Å². The van der Waals surface area contributed by atoms with E-state index in [1.165, 1.54) is 0 Å². The van der Waals surface area contributed by atoms with E-state index in [2.05, 4.69) is 10.0 Å². The summed E-state index contributed by atoms with van der Waals surface area (Å²) in [5.41, 5.74) is 0. The van der Waals surface area contributed by atoms with Gasteiger partial charge in [0.1, 0.15) is 0 Å². The lowest BCUT2D eigenvalue weighted by Crippen LogP contribution is -2.36. The molecule has 84 valence electrons. The van der Waals surface area contributed by atoms with Gasteiger partial charge >= 0.3 is 0 Å². The van der Waals surface area contributed by atoms with Gasteiger partial charge in [0.25, 0.3) is 0 Å². The van der Waals surface area contributed by atoms with Crippen LogP contribution in [0.3, 0.4) is 0 Å². The van der Waals surface area contributed by atoms with E-state index in [1.54, 1.807) is 7.11 Å². The fourth-order valence-corrected chi connectivity index (χ4v) is 1.10. The zero-order valence-electron chi connectivity index (χ0n) is 8.37. The topological polar surface area (TPSA) is 84.5 Å². The van der Waals surface area contributed by atoms with Crippen LogP contribution in [-0.2, 0) is 19.6 Å². The van der Waals surface area contributed by atoms with Crippen LogP contribution in [0.4, 0.5) is 0 Å². The minimum atomic E-state index is -3.29. The molecule has 0 radical (unpaired) electrons. The molecule has 0 spiro atoms. The molecular formula is C7H16N2O4S. The average Bonchev–Trinajstić information content (AvgIpc) is 2.08. The number of carbonyl (C=O) groups excluding carboxylic acids is 1. The summed E-state index contributed by atoms with van der Waals surface area (Å²) < 4.78 is 28.1. The Balaban J connectivity index is 3.47. The van der Waals surface area contributed by atoms with Crippen LogP contribution in [0.25, 0.3) is 0 Å². The normalized spacial score (nSPS) is 11.3. The molecule has 7 heteroatoms. The average molecular weight is 224 g/mol. The number of hydrogen-bond donors (Lipinski definition) is 2. The predicted molar refractivity (Wildman–Crippen MR) is 52.3 cm³/mol. The molecule has 0 atom stereocenters. The molecule has 0 saturated carbocycles. The van der Waals surface area contributed by atoms with Crippen LogP contribution in [0.2, 0.25) is 0 Å². The van der Waals surface area contributed by atoms with Gasteiger partial charge in [-0.1, -0.05) is 0 Å². The number of amides is 1. The van der Waals surface area contributed by atoms with E-state index >= 15 is 0 Å². The molecule has 0 bridgehead atoms. The summed E-state index contributed by atoms with van der Waals surface area (Å²) in [7, 11) is -1.71. The molecule has 0 saturated heterocycles. The van der Waals surface area contributed by atoms with Gasteiger partial charge in [0, 0.05) is 20.3 Å². The second kappa shape index (κ2) is 6.74. The Morgan fingerprint density at radius 2 is 2.07 bits per heavy atom. The van der Waals surface area contributed by atoms with Crippen LogP contribution < -0.4 is 10.0 Å².